The predicted molar refractivity (Wildman–Crippen MR) is 104 cm³/mol. The molecule has 0 unspecified atom stereocenters. The molecule has 0 spiro atoms. The highest BCUT2D eigenvalue weighted by atomic mass is 32.2. The van der Waals surface area contributed by atoms with Gasteiger partial charge in [0.25, 0.3) is 0 Å². The molecule has 0 aromatic heterocycles. The van der Waals surface area contributed by atoms with Crippen molar-refractivity contribution in [2.24, 2.45) is 0 Å². The topological polar surface area (TPSA) is 66.8 Å². The van der Waals surface area contributed by atoms with E-state index in [4.69, 9.17) is 4.43 Å². The van der Waals surface area contributed by atoms with Crippen LogP contribution in [0.25, 0.3) is 0 Å². The molecule has 2 rings (SSSR count). The zero-order valence-electron chi connectivity index (χ0n) is 15.9. The van der Waals surface area contributed by atoms with Gasteiger partial charge in [-0.3, -0.25) is 4.79 Å². The first-order valence-electron chi connectivity index (χ1n) is 8.70. The van der Waals surface area contributed by atoms with E-state index in [1.807, 2.05) is 37.3 Å². The van der Waals surface area contributed by atoms with E-state index in [-0.39, 0.29) is 10.8 Å². The first kappa shape index (κ1) is 20.6. The lowest BCUT2D eigenvalue weighted by Gasteiger charge is -2.46. The van der Waals surface area contributed by atoms with Crippen molar-refractivity contribution in [2.75, 3.05) is 0 Å². The van der Waals surface area contributed by atoms with Gasteiger partial charge in [-0.1, -0.05) is 39.0 Å². The van der Waals surface area contributed by atoms with Crippen molar-refractivity contribution >= 4 is 25.9 Å². The number of ketones is 1. The summed E-state index contributed by atoms with van der Waals surface area (Å²) in [5.41, 5.74) is 0. The molecule has 0 amide bonds. The number of rotatable bonds is 4. The Morgan fingerprint density at radius 1 is 1.20 bits per heavy atom. The molecule has 0 heterocycles. The zero-order valence-corrected chi connectivity index (χ0v) is 17.8. The van der Waals surface area contributed by atoms with Crippen molar-refractivity contribution in [1.29, 1.82) is 0 Å². The molecule has 4 nitrogen and oxygen atoms in total. The SMILES string of the molecule is CC(C)(C)[Si](C)(C)O[C@H]1C[C@@](C)(Sc2ccccc2)C(=O)[C@H](O)[C@@H]1O. The molecule has 0 aliphatic heterocycles. The summed E-state index contributed by atoms with van der Waals surface area (Å²) in [6.07, 6.45) is -2.75. The Bertz CT molecular complexity index is 614. The average Bonchev–Trinajstić information content (AvgIpc) is 2.50. The number of carbonyl (C=O) groups excluding carboxylic acids is 1. The third kappa shape index (κ3) is 4.36. The Morgan fingerprint density at radius 2 is 1.76 bits per heavy atom. The van der Waals surface area contributed by atoms with E-state index >= 15 is 0 Å². The van der Waals surface area contributed by atoms with Crippen LogP contribution in [0.1, 0.15) is 34.1 Å². The van der Waals surface area contributed by atoms with Gasteiger partial charge in [0.1, 0.15) is 12.2 Å². The highest BCUT2D eigenvalue weighted by Gasteiger charge is 2.52. The van der Waals surface area contributed by atoms with Crippen LogP contribution in [0.2, 0.25) is 18.1 Å². The lowest BCUT2D eigenvalue weighted by Crippen LogP contribution is -2.60. The summed E-state index contributed by atoms with van der Waals surface area (Å²) in [5, 5.41) is 20.8. The van der Waals surface area contributed by atoms with Crippen LogP contribution in [-0.2, 0) is 9.22 Å². The molecule has 0 saturated heterocycles. The first-order valence-corrected chi connectivity index (χ1v) is 12.4. The predicted octanol–water partition coefficient (Wildman–Crippen LogP) is 3.62. The molecule has 6 heteroatoms. The van der Waals surface area contributed by atoms with Gasteiger partial charge in [0.05, 0.1) is 10.9 Å². The Morgan fingerprint density at radius 3 is 2.28 bits per heavy atom. The third-order valence-corrected chi connectivity index (χ3v) is 11.3. The number of benzene rings is 1. The molecule has 1 fully saturated rings. The van der Waals surface area contributed by atoms with Crippen molar-refractivity contribution in [2.45, 2.75) is 80.2 Å². The van der Waals surface area contributed by atoms with Crippen molar-refractivity contribution in [1.82, 2.24) is 0 Å². The fourth-order valence-corrected chi connectivity index (χ4v) is 5.40. The van der Waals surface area contributed by atoms with Gasteiger partial charge in [-0.05, 0) is 43.6 Å². The summed E-state index contributed by atoms with van der Waals surface area (Å²) in [5.74, 6) is -0.330. The van der Waals surface area contributed by atoms with Crippen molar-refractivity contribution in [3.63, 3.8) is 0 Å². The van der Waals surface area contributed by atoms with Crippen molar-refractivity contribution in [3.8, 4) is 0 Å². The van der Waals surface area contributed by atoms with E-state index in [2.05, 4.69) is 33.9 Å². The first-order chi connectivity index (χ1) is 11.4. The van der Waals surface area contributed by atoms with E-state index in [1.165, 1.54) is 11.8 Å². The molecule has 1 aliphatic carbocycles. The van der Waals surface area contributed by atoms with Crippen molar-refractivity contribution < 1.29 is 19.4 Å². The van der Waals surface area contributed by atoms with Gasteiger partial charge in [-0.15, -0.1) is 11.8 Å². The molecule has 25 heavy (non-hydrogen) atoms. The Labute approximate surface area is 156 Å². The molecule has 4 atom stereocenters. The van der Waals surface area contributed by atoms with Gasteiger partial charge < -0.3 is 14.6 Å². The molecule has 1 aromatic carbocycles. The van der Waals surface area contributed by atoms with Gasteiger partial charge in [0.15, 0.2) is 14.1 Å². The van der Waals surface area contributed by atoms with E-state index < -0.39 is 31.4 Å². The molecule has 1 aromatic rings. The minimum atomic E-state index is -2.13. The Balaban J connectivity index is 2.26. The maximum absolute atomic E-state index is 12.7. The lowest BCUT2D eigenvalue weighted by molar-refractivity contribution is -0.148. The van der Waals surface area contributed by atoms with Gasteiger partial charge in [0, 0.05) is 4.90 Å². The van der Waals surface area contributed by atoms with Crippen LogP contribution in [0.3, 0.4) is 0 Å². The van der Waals surface area contributed by atoms with Gasteiger partial charge >= 0.3 is 0 Å². The molecule has 0 radical (unpaired) electrons. The van der Waals surface area contributed by atoms with Gasteiger partial charge in [-0.2, -0.15) is 0 Å². The largest absolute Gasteiger partial charge is 0.411 e. The number of aliphatic hydroxyl groups is 2. The molecular formula is C19H30O4SSi. The average molecular weight is 383 g/mol. The lowest BCUT2D eigenvalue weighted by atomic mass is 9.82. The minimum absolute atomic E-state index is 0.0118. The standard InChI is InChI=1S/C19H30O4SSi/c1-18(2,3)25(5,6)23-14-12-19(4,17(22)16(21)15(14)20)24-13-10-8-7-9-11-13/h7-11,14-16,20-21H,12H2,1-6H3/t14-,15+,16+,19+/m0/s1. The molecular weight excluding hydrogens is 352 g/mol. The highest BCUT2D eigenvalue weighted by Crippen LogP contribution is 2.45. The van der Waals surface area contributed by atoms with E-state index in [9.17, 15) is 15.0 Å². The second-order valence-corrected chi connectivity index (χ2v) is 14.9. The van der Waals surface area contributed by atoms with Gasteiger partial charge in [0.2, 0.25) is 0 Å². The smallest absolute Gasteiger partial charge is 0.192 e. The van der Waals surface area contributed by atoms with Gasteiger partial charge in [-0.25, -0.2) is 0 Å². The summed E-state index contributed by atoms with van der Waals surface area (Å²) in [6.45, 7) is 12.5. The summed E-state index contributed by atoms with van der Waals surface area (Å²) >= 11 is 1.43. The van der Waals surface area contributed by atoms with Crippen LogP contribution in [0.5, 0.6) is 0 Å². The minimum Gasteiger partial charge on any atom is -0.411 e. The van der Waals surface area contributed by atoms with Crippen LogP contribution < -0.4 is 0 Å². The fraction of sp³-hybridized carbons (Fsp3) is 0.632. The Hall–Kier alpha value is -0.663. The number of thioether (sulfide) groups is 1. The number of Topliss-reactive ketones (excluding diaryl/α,β-unsaturated/α-hetero) is 1. The van der Waals surface area contributed by atoms with Crippen LogP contribution in [0.4, 0.5) is 0 Å². The second kappa shape index (κ2) is 7.16. The monoisotopic (exact) mass is 382 g/mol. The third-order valence-electron chi connectivity index (χ3n) is 5.42. The summed E-state index contributed by atoms with van der Waals surface area (Å²) in [6, 6.07) is 9.67. The molecule has 2 N–H and O–H groups in total. The quantitative estimate of drug-likeness (QED) is 0.779. The van der Waals surface area contributed by atoms with Crippen LogP contribution in [-0.4, -0.2) is 47.4 Å². The van der Waals surface area contributed by atoms with Crippen LogP contribution in [0, 0.1) is 0 Å². The van der Waals surface area contributed by atoms with E-state index in [0.29, 0.717) is 6.42 Å². The Kier molecular flexibility index (Phi) is 5.91. The molecule has 0 bridgehead atoms. The summed E-state index contributed by atoms with van der Waals surface area (Å²) in [7, 11) is -2.13. The normalized spacial score (nSPS) is 31.2. The van der Waals surface area contributed by atoms with Crippen molar-refractivity contribution in [3.05, 3.63) is 30.3 Å². The fourth-order valence-electron chi connectivity index (χ4n) is 2.78. The number of hydrogen-bond acceptors (Lipinski definition) is 5. The maximum Gasteiger partial charge on any atom is 0.192 e. The highest BCUT2D eigenvalue weighted by molar-refractivity contribution is 8.01. The van der Waals surface area contributed by atoms with Crippen LogP contribution >= 0.6 is 11.8 Å². The molecule has 1 saturated carbocycles. The zero-order chi connectivity index (χ0) is 19.0. The van der Waals surface area contributed by atoms with E-state index in [0.717, 1.165) is 4.90 Å². The number of aliphatic hydroxyl groups excluding tert-OH is 2. The second-order valence-electron chi connectivity index (χ2n) is 8.57. The summed E-state index contributed by atoms with van der Waals surface area (Å²) < 4.78 is 5.54. The molecule has 1 aliphatic rings. The maximum atomic E-state index is 12.7. The number of hydrogen-bond donors (Lipinski definition) is 2. The summed E-state index contributed by atoms with van der Waals surface area (Å²) in [4.78, 5) is 13.7. The van der Waals surface area contributed by atoms with Crippen LogP contribution in [0.15, 0.2) is 35.2 Å². The number of carbonyl (C=O) groups is 1. The molecule has 140 valence electrons. The van der Waals surface area contributed by atoms with E-state index in [1.54, 1.807) is 0 Å².